The number of methoxy groups -OCH3 is 1. The Morgan fingerprint density at radius 1 is 1.27 bits per heavy atom. The Hall–Kier alpha value is -2.40. The lowest BCUT2D eigenvalue weighted by molar-refractivity contribution is 0.162. The van der Waals surface area contributed by atoms with Gasteiger partial charge in [-0.2, -0.15) is 0 Å². The van der Waals surface area contributed by atoms with E-state index in [0.717, 1.165) is 27.7 Å². The van der Waals surface area contributed by atoms with Crippen LogP contribution in [0, 0.1) is 6.92 Å². The molecule has 0 saturated heterocycles. The van der Waals surface area contributed by atoms with Gasteiger partial charge in [-0.1, -0.05) is 6.07 Å². The van der Waals surface area contributed by atoms with E-state index < -0.39 is 0 Å². The molecule has 0 aliphatic heterocycles. The van der Waals surface area contributed by atoms with Crippen molar-refractivity contribution in [2.75, 3.05) is 13.7 Å². The van der Waals surface area contributed by atoms with Gasteiger partial charge in [-0.15, -0.1) is 0 Å². The molecular formula is C21H25N3O2. The molecule has 2 aromatic heterocycles. The van der Waals surface area contributed by atoms with Crippen molar-refractivity contribution < 1.29 is 4.74 Å². The summed E-state index contributed by atoms with van der Waals surface area (Å²) in [6, 6.07) is 8.58. The predicted molar refractivity (Wildman–Crippen MR) is 104 cm³/mol. The molecule has 1 aliphatic carbocycles. The lowest BCUT2D eigenvalue weighted by Crippen LogP contribution is -2.18. The fourth-order valence-electron chi connectivity index (χ4n) is 3.74. The van der Waals surface area contributed by atoms with Crippen LogP contribution in [0.4, 0.5) is 0 Å². The summed E-state index contributed by atoms with van der Waals surface area (Å²) in [7, 11) is 3.54. The molecule has 3 aromatic rings. The van der Waals surface area contributed by atoms with Crippen molar-refractivity contribution in [1.82, 2.24) is 14.1 Å². The maximum atomic E-state index is 12.0. The summed E-state index contributed by atoms with van der Waals surface area (Å²) in [6.45, 7) is 4.70. The molecule has 0 amide bonds. The fraction of sp³-hybridized carbons (Fsp3) is 0.429. The number of nitrogens with zero attached hydrogens (tertiary/aromatic N) is 3. The topological polar surface area (TPSA) is 49.1 Å². The van der Waals surface area contributed by atoms with Gasteiger partial charge in [-0.3, -0.25) is 4.79 Å². The van der Waals surface area contributed by atoms with E-state index in [1.807, 2.05) is 19.2 Å². The van der Waals surface area contributed by atoms with Crippen LogP contribution in [0.2, 0.25) is 0 Å². The average molecular weight is 351 g/mol. The van der Waals surface area contributed by atoms with Gasteiger partial charge in [0.1, 0.15) is 5.82 Å². The molecule has 5 heteroatoms. The second kappa shape index (κ2) is 6.40. The number of hydrogen-bond donors (Lipinski definition) is 0. The minimum absolute atomic E-state index is 0.0459. The summed E-state index contributed by atoms with van der Waals surface area (Å²) in [6.07, 6.45) is 4.34. The average Bonchev–Trinajstić information content (AvgIpc) is 3.39. The van der Waals surface area contributed by atoms with Gasteiger partial charge >= 0.3 is 0 Å². The van der Waals surface area contributed by atoms with Gasteiger partial charge in [0.2, 0.25) is 0 Å². The van der Waals surface area contributed by atoms with Crippen LogP contribution in [0.1, 0.15) is 43.1 Å². The van der Waals surface area contributed by atoms with E-state index in [9.17, 15) is 4.79 Å². The monoisotopic (exact) mass is 351 g/mol. The van der Waals surface area contributed by atoms with Crippen molar-refractivity contribution in [3.8, 4) is 11.1 Å². The van der Waals surface area contributed by atoms with E-state index in [0.29, 0.717) is 12.5 Å². The number of ether oxygens (including phenoxy) is 1. The number of pyridine rings is 1. The smallest absolute Gasteiger partial charge is 0.253 e. The summed E-state index contributed by atoms with van der Waals surface area (Å²) in [4.78, 5) is 16.9. The minimum atomic E-state index is 0.0459. The zero-order chi connectivity index (χ0) is 18.4. The molecule has 5 nitrogen and oxygen atoms in total. The van der Waals surface area contributed by atoms with E-state index in [2.05, 4.69) is 29.7 Å². The Labute approximate surface area is 153 Å². The zero-order valence-corrected chi connectivity index (χ0v) is 15.8. The summed E-state index contributed by atoms with van der Waals surface area (Å²) in [5.41, 5.74) is 5.12. The Bertz CT molecular complexity index is 1000. The predicted octanol–water partition coefficient (Wildman–Crippen LogP) is 3.80. The molecule has 1 aromatic carbocycles. The third kappa shape index (κ3) is 2.86. The number of aromatic nitrogens is 3. The number of aryl methyl sites for hydroxylation is 2. The summed E-state index contributed by atoms with van der Waals surface area (Å²) < 4.78 is 9.39. The second-order valence-electron chi connectivity index (χ2n) is 7.45. The van der Waals surface area contributed by atoms with E-state index in [4.69, 9.17) is 9.72 Å². The zero-order valence-electron chi connectivity index (χ0n) is 15.8. The van der Waals surface area contributed by atoms with Gasteiger partial charge in [0.05, 0.1) is 23.7 Å². The first-order valence-electron chi connectivity index (χ1n) is 9.18. The summed E-state index contributed by atoms with van der Waals surface area (Å²) in [5.74, 6) is 1.75. The highest BCUT2D eigenvalue weighted by molar-refractivity contribution is 5.83. The molecule has 4 rings (SSSR count). The third-order valence-corrected chi connectivity index (χ3v) is 5.20. The Kier molecular flexibility index (Phi) is 4.19. The molecule has 0 bridgehead atoms. The highest BCUT2D eigenvalue weighted by Crippen LogP contribution is 2.42. The molecule has 26 heavy (non-hydrogen) atoms. The maximum Gasteiger partial charge on any atom is 0.253 e. The lowest BCUT2D eigenvalue weighted by atomic mass is 10.1. The number of imidazole rings is 1. The van der Waals surface area contributed by atoms with Crippen molar-refractivity contribution in [3.05, 3.63) is 52.2 Å². The standard InChI is InChI=1S/C21H25N3O2/c1-13-9-17(11-23(3)21(13)25)16-7-8-18-19(10-16)24(14(2)12-26-4)20(22-18)15-5-6-15/h7-11,14-15H,5-6,12H2,1-4H3/t14-/m1/s1. The molecule has 2 heterocycles. The van der Waals surface area contributed by atoms with Crippen molar-refractivity contribution in [2.24, 2.45) is 7.05 Å². The normalized spacial score (nSPS) is 15.5. The largest absolute Gasteiger partial charge is 0.383 e. The molecule has 136 valence electrons. The van der Waals surface area contributed by atoms with E-state index in [-0.39, 0.29) is 11.6 Å². The highest BCUT2D eigenvalue weighted by atomic mass is 16.5. The summed E-state index contributed by atoms with van der Waals surface area (Å²) in [5, 5.41) is 0. The first-order chi connectivity index (χ1) is 12.5. The molecule has 0 unspecified atom stereocenters. The van der Waals surface area contributed by atoms with Gasteiger partial charge in [0, 0.05) is 31.8 Å². The first-order valence-corrected chi connectivity index (χ1v) is 9.18. The van der Waals surface area contributed by atoms with Gasteiger partial charge in [0.15, 0.2) is 0 Å². The molecule has 1 saturated carbocycles. The molecule has 1 fully saturated rings. The quantitative estimate of drug-likeness (QED) is 0.702. The van der Waals surface area contributed by atoms with Gasteiger partial charge in [0.25, 0.3) is 5.56 Å². The van der Waals surface area contributed by atoms with E-state index >= 15 is 0 Å². The van der Waals surface area contributed by atoms with E-state index in [1.165, 1.54) is 18.7 Å². The van der Waals surface area contributed by atoms with Crippen LogP contribution in [0.3, 0.4) is 0 Å². The van der Waals surface area contributed by atoms with Crippen molar-refractivity contribution >= 4 is 11.0 Å². The van der Waals surface area contributed by atoms with Crippen molar-refractivity contribution in [2.45, 2.75) is 38.6 Å². The van der Waals surface area contributed by atoms with Crippen LogP contribution >= 0.6 is 0 Å². The Morgan fingerprint density at radius 2 is 2.04 bits per heavy atom. The third-order valence-electron chi connectivity index (χ3n) is 5.20. The van der Waals surface area contributed by atoms with E-state index in [1.54, 1.807) is 18.7 Å². The fourth-order valence-corrected chi connectivity index (χ4v) is 3.74. The lowest BCUT2D eigenvalue weighted by Gasteiger charge is -2.17. The van der Waals surface area contributed by atoms with Crippen LogP contribution in [0.25, 0.3) is 22.2 Å². The number of rotatable bonds is 5. The second-order valence-corrected chi connectivity index (χ2v) is 7.45. The van der Waals surface area contributed by atoms with Crippen LogP contribution in [0.5, 0.6) is 0 Å². The number of fused-ring (bicyclic) bond motifs is 1. The number of benzene rings is 1. The van der Waals surface area contributed by atoms with Crippen LogP contribution in [0.15, 0.2) is 35.3 Å². The SMILES string of the molecule is COC[C@@H](C)n1c(C2CC2)nc2ccc(-c3cc(C)c(=O)n(C)c3)cc21. The van der Waals surface area contributed by atoms with Gasteiger partial charge < -0.3 is 13.9 Å². The van der Waals surface area contributed by atoms with Crippen LogP contribution in [-0.2, 0) is 11.8 Å². The van der Waals surface area contributed by atoms with Gasteiger partial charge in [-0.05, 0) is 56.0 Å². The summed E-state index contributed by atoms with van der Waals surface area (Å²) >= 11 is 0. The van der Waals surface area contributed by atoms with Crippen molar-refractivity contribution in [3.63, 3.8) is 0 Å². The molecule has 0 spiro atoms. The highest BCUT2D eigenvalue weighted by Gasteiger charge is 2.31. The van der Waals surface area contributed by atoms with Crippen molar-refractivity contribution in [1.29, 1.82) is 0 Å². The molecule has 0 N–H and O–H groups in total. The van der Waals surface area contributed by atoms with Crippen LogP contribution in [-0.4, -0.2) is 27.8 Å². The van der Waals surface area contributed by atoms with Crippen LogP contribution < -0.4 is 5.56 Å². The molecule has 0 radical (unpaired) electrons. The Morgan fingerprint density at radius 3 is 2.69 bits per heavy atom. The molecule has 1 aliphatic rings. The first kappa shape index (κ1) is 17.0. The molecular weight excluding hydrogens is 326 g/mol. The molecule has 1 atom stereocenters. The maximum absolute atomic E-state index is 12.0. The van der Waals surface area contributed by atoms with Gasteiger partial charge in [-0.25, -0.2) is 4.98 Å². The minimum Gasteiger partial charge on any atom is -0.383 e. The number of hydrogen-bond acceptors (Lipinski definition) is 3. The Balaban J connectivity index is 1.88.